The van der Waals surface area contributed by atoms with Crippen LogP contribution in [-0.2, 0) is 4.74 Å². The largest absolute Gasteiger partial charge is 0.385 e. The van der Waals surface area contributed by atoms with Crippen LogP contribution in [0.25, 0.3) is 0 Å². The molecule has 0 aliphatic rings. The molecule has 0 aromatic rings. The molecule has 7 heavy (non-hydrogen) atoms. The quantitative estimate of drug-likeness (QED) is 0.481. The lowest BCUT2D eigenvalue weighted by Crippen LogP contribution is -1.91. The van der Waals surface area contributed by atoms with Crippen LogP contribution in [0.1, 0.15) is 12.8 Å². The molecule has 2 heteroatoms. The van der Waals surface area contributed by atoms with Crippen molar-refractivity contribution >= 4 is 0 Å². The van der Waals surface area contributed by atoms with E-state index < -0.39 is 0 Å². The maximum Gasteiger partial charge on any atom is 0.0462 e. The van der Waals surface area contributed by atoms with Crippen LogP contribution >= 0.6 is 0 Å². The first kappa shape index (κ1) is 6.92. The molecule has 0 saturated heterocycles. The molecule has 1 N–H and O–H groups in total. The van der Waals surface area contributed by atoms with E-state index in [0.29, 0.717) is 6.54 Å². The Kier molecular flexibility index (Phi) is 5.85. The Labute approximate surface area is 44.7 Å². The van der Waals surface area contributed by atoms with Crippen molar-refractivity contribution in [3.8, 4) is 0 Å². The molecule has 0 saturated carbocycles. The van der Waals surface area contributed by atoms with E-state index in [1.165, 1.54) is 0 Å². The van der Waals surface area contributed by atoms with E-state index in [1.54, 1.807) is 7.11 Å². The first-order chi connectivity index (χ1) is 3.41. The summed E-state index contributed by atoms with van der Waals surface area (Å²) in [4.78, 5) is 0. The highest BCUT2D eigenvalue weighted by Crippen LogP contribution is 1.84. The van der Waals surface area contributed by atoms with Crippen molar-refractivity contribution in [1.29, 1.82) is 0 Å². The van der Waals surface area contributed by atoms with Crippen molar-refractivity contribution in [3.05, 3.63) is 0 Å². The smallest absolute Gasteiger partial charge is 0.0462 e. The molecule has 0 heterocycles. The Balaban J connectivity index is 2.45. The van der Waals surface area contributed by atoms with Crippen LogP contribution in [0.2, 0.25) is 0 Å². The van der Waals surface area contributed by atoms with Crippen LogP contribution in [0.3, 0.4) is 0 Å². The molecule has 2 nitrogen and oxygen atoms in total. The van der Waals surface area contributed by atoms with Crippen LogP contribution in [0.5, 0.6) is 0 Å². The zero-order valence-corrected chi connectivity index (χ0v) is 4.74. The van der Waals surface area contributed by atoms with E-state index in [4.69, 9.17) is 10.5 Å². The molecular formula is C5H12NO. The minimum absolute atomic E-state index is 0.531. The average Bonchev–Trinajstić information content (AvgIpc) is 1.69. The van der Waals surface area contributed by atoms with Gasteiger partial charge in [0.15, 0.2) is 0 Å². The van der Waals surface area contributed by atoms with Crippen molar-refractivity contribution < 1.29 is 4.74 Å². The van der Waals surface area contributed by atoms with Crippen molar-refractivity contribution in [3.63, 3.8) is 0 Å². The number of methoxy groups -OCH3 is 1. The van der Waals surface area contributed by atoms with Gasteiger partial charge in [-0.15, -0.1) is 0 Å². The molecule has 0 spiro atoms. The molecule has 0 rings (SSSR count). The molecule has 0 bridgehead atoms. The first-order valence-electron chi connectivity index (χ1n) is 2.55. The van der Waals surface area contributed by atoms with Gasteiger partial charge in [0, 0.05) is 20.3 Å². The highest BCUT2D eigenvalue weighted by Gasteiger charge is 1.80. The van der Waals surface area contributed by atoms with Crippen LogP contribution in [-0.4, -0.2) is 20.3 Å². The lowest BCUT2D eigenvalue weighted by Gasteiger charge is -1.92. The summed E-state index contributed by atoms with van der Waals surface area (Å²) in [6.45, 7) is 1.34. The summed E-state index contributed by atoms with van der Waals surface area (Å²) in [7, 11) is 1.68. The molecule has 0 amide bonds. The van der Waals surface area contributed by atoms with Gasteiger partial charge in [-0.1, -0.05) is 0 Å². The van der Waals surface area contributed by atoms with Crippen LogP contribution in [0.4, 0.5) is 0 Å². The topological polar surface area (TPSA) is 33.0 Å². The van der Waals surface area contributed by atoms with Gasteiger partial charge in [-0.25, -0.2) is 0 Å². The van der Waals surface area contributed by atoms with Crippen molar-refractivity contribution in [2.24, 2.45) is 0 Å². The molecule has 0 aromatic heterocycles. The number of hydrogen-bond acceptors (Lipinski definition) is 1. The second-order valence-electron chi connectivity index (χ2n) is 1.45. The Morgan fingerprint density at radius 1 is 1.43 bits per heavy atom. The zero-order chi connectivity index (χ0) is 5.54. The monoisotopic (exact) mass is 102 g/mol. The van der Waals surface area contributed by atoms with E-state index in [-0.39, 0.29) is 0 Å². The first-order valence-corrected chi connectivity index (χ1v) is 2.55. The van der Waals surface area contributed by atoms with Crippen LogP contribution in [0.15, 0.2) is 0 Å². The highest BCUT2D eigenvalue weighted by atomic mass is 16.5. The standard InChI is InChI=1S/C5H12NO/c1-7-5-3-2-4-6/h6H,2-5H2,1H3. The fourth-order valence-corrected chi connectivity index (χ4v) is 0.371. The Hall–Kier alpha value is -0.0800. The van der Waals surface area contributed by atoms with Gasteiger partial charge < -0.3 is 4.74 Å². The summed E-state index contributed by atoms with van der Waals surface area (Å²) in [6, 6.07) is 0. The van der Waals surface area contributed by atoms with Gasteiger partial charge in [0.05, 0.1) is 0 Å². The lowest BCUT2D eigenvalue weighted by atomic mass is 10.3. The average molecular weight is 102 g/mol. The molecular weight excluding hydrogens is 90.1 g/mol. The van der Waals surface area contributed by atoms with Gasteiger partial charge in [-0.2, -0.15) is 0 Å². The molecule has 1 radical (unpaired) electrons. The van der Waals surface area contributed by atoms with Gasteiger partial charge in [-0.05, 0) is 12.8 Å². The Morgan fingerprint density at radius 3 is 2.57 bits per heavy atom. The minimum Gasteiger partial charge on any atom is -0.385 e. The minimum atomic E-state index is 0.531. The van der Waals surface area contributed by atoms with E-state index in [0.717, 1.165) is 19.4 Å². The van der Waals surface area contributed by atoms with E-state index >= 15 is 0 Å². The van der Waals surface area contributed by atoms with Gasteiger partial charge in [0.25, 0.3) is 0 Å². The fourth-order valence-electron chi connectivity index (χ4n) is 0.371. The predicted octanol–water partition coefficient (Wildman–Crippen LogP) is 0.696. The molecule has 0 fully saturated rings. The van der Waals surface area contributed by atoms with E-state index in [1.807, 2.05) is 0 Å². The molecule has 0 aliphatic heterocycles. The third kappa shape index (κ3) is 5.92. The molecule has 43 valence electrons. The second-order valence-corrected chi connectivity index (χ2v) is 1.45. The maximum atomic E-state index is 6.73. The summed E-state index contributed by atoms with van der Waals surface area (Å²) in [5.74, 6) is 0. The van der Waals surface area contributed by atoms with Crippen LogP contribution < -0.4 is 5.73 Å². The summed E-state index contributed by atoms with van der Waals surface area (Å²) < 4.78 is 4.76. The number of rotatable bonds is 4. The third-order valence-electron chi connectivity index (χ3n) is 0.775. The molecule has 0 atom stereocenters. The number of ether oxygens (including phenoxy) is 1. The second kappa shape index (κ2) is 5.92. The van der Waals surface area contributed by atoms with E-state index in [2.05, 4.69) is 0 Å². The summed E-state index contributed by atoms with van der Waals surface area (Å²) in [6.07, 6.45) is 1.99. The zero-order valence-electron chi connectivity index (χ0n) is 4.74. The SMILES string of the molecule is COCCCC[NH]. The molecule has 0 unspecified atom stereocenters. The summed E-state index contributed by atoms with van der Waals surface area (Å²) in [5.41, 5.74) is 6.73. The van der Waals surface area contributed by atoms with E-state index in [9.17, 15) is 0 Å². The van der Waals surface area contributed by atoms with Crippen LogP contribution in [0, 0.1) is 0 Å². The van der Waals surface area contributed by atoms with Gasteiger partial charge >= 0.3 is 0 Å². The number of nitrogens with one attached hydrogen (secondary N) is 1. The molecule has 0 aliphatic carbocycles. The Morgan fingerprint density at radius 2 is 2.14 bits per heavy atom. The normalized spacial score (nSPS) is 9.43. The lowest BCUT2D eigenvalue weighted by molar-refractivity contribution is 0.193. The number of unbranched alkanes of at least 4 members (excludes halogenated alkanes) is 1. The molecule has 0 aromatic carbocycles. The highest BCUT2D eigenvalue weighted by molar-refractivity contribution is 4.35. The fraction of sp³-hybridized carbons (Fsp3) is 1.00. The Bertz CT molecular complexity index is 27.3. The maximum absolute atomic E-state index is 6.73. The predicted molar refractivity (Wildman–Crippen MR) is 29.1 cm³/mol. The van der Waals surface area contributed by atoms with Crippen molar-refractivity contribution in [1.82, 2.24) is 5.73 Å². The third-order valence-corrected chi connectivity index (χ3v) is 0.775. The van der Waals surface area contributed by atoms with Crippen molar-refractivity contribution in [2.45, 2.75) is 12.8 Å². The van der Waals surface area contributed by atoms with Gasteiger partial charge in [0.1, 0.15) is 0 Å². The number of hydrogen-bond donors (Lipinski definition) is 0. The van der Waals surface area contributed by atoms with Gasteiger partial charge in [0.2, 0.25) is 0 Å². The summed E-state index contributed by atoms with van der Waals surface area (Å²) in [5, 5.41) is 0. The summed E-state index contributed by atoms with van der Waals surface area (Å²) >= 11 is 0. The van der Waals surface area contributed by atoms with Gasteiger partial charge in [-0.3, -0.25) is 5.73 Å². The van der Waals surface area contributed by atoms with Crippen molar-refractivity contribution in [2.75, 3.05) is 20.3 Å².